The second kappa shape index (κ2) is 8.33. The summed E-state index contributed by atoms with van der Waals surface area (Å²) in [7, 11) is 0. The maximum atomic E-state index is 11.9. The molecule has 136 valence electrons. The largest absolute Gasteiger partial charge is 0.507 e. The minimum Gasteiger partial charge on any atom is -0.507 e. The van der Waals surface area contributed by atoms with E-state index in [1.807, 2.05) is 24.3 Å². The average molecular weight is 382 g/mol. The van der Waals surface area contributed by atoms with Crippen LogP contribution >= 0.6 is 11.6 Å². The van der Waals surface area contributed by atoms with Crippen LogP contribution in [0.15, 0.2) is 65.8 Å². The second-order valence-corrected chi connectivity index (χ2v) is 6.18. The number of carbonyl (C=O) groups excluding carboxylic acids is 2. The predicted molar refractivity (Wildman–Crippen MR) is 106 cm³/mol. The lowest BCUT2D eigenvalue weighted by Gasteiger charge is -2.05. The maximum absolute atomic E-state index is 11.9. The molecule has 0 aliphatic heterocycles. The molecule has 7 heteroatoms. The average Bonchev–Trinajstić information content (AvgIpc) is 2.65. The van der Waals surface area contributed by atoms with E-state index in [-0.39, 0.29) is 12.2 Å². The van der Waals surface area contributed by atoms with Crippen molar-refractivity contribution in [3.05, 3.63) is 71.2 Å². The highest BCUT2D eigenvalue weighted by Gasteiger charge is 2.09. The van der Waals surface area contributed by atoms with Crippen molar-refractivity contribution < 1.29 is 14.7 Å². The molecule has 0 aliphatic carbocycles. The number of nitrogens with one attached hydrogen (secondary N) is 2. The van der Waals surface area contributed by atoms with E-state index in [9.17, 15) is 14.7 Å². The molecular formula is C20H16ClN3O3. The highest BCUT2D eigenvalue weighted by Crippen LogP contribution is 2.25. The SMILES string of the molecule is O=C(CC(=O)Nc1ccc(Cl)cc1)N/N=C/c1c(O)ccc2ccccc12. The normalized spacial score (nSPS) is 10.9. The van der Waals surface area contributed by atoms with Gasteiger partial charge in [-0.3, -0.25) is 9.59 Å². The molecule has 0 radical (unpaired) electrons. The monoisotopic (exact) mass is 381 g/mol. The fraction of sp³-hybridized carbons (Fsp3) is 0.0500. The fourth-order valence-electron chi connectivity index (χ4n) is 2.51. The number of rotatable bonds is 5. The summed E-state index contributed by atoms with van der Waals surface area (Å²) in [4.78, 5) is 23.7. The predicted octanol–water partition coefficient (Wildman–Crippen LogP) is 3.68. The summed E-state index contributed by atoms with van der Waals surface area (Å²) >= 11 is 5.78. The first-order valence-corrected chi connectivity index (χ1v) is 8.49. The van der Waals surface area contributed by atoms with Crippen LogP contribution in [0.1, 0.15) is 12.0 Å². The Morgan fingerprint density at radius 1 is 1.00 bits per heavy atom. The molecule has 0 unspecified atom stereocenters. The van der Waals surface area contributed by atoms with Crippen LogP contribution in [-0.2, 0) is 9.59 Å². The third kappa shape index (κ3) is 4.83. The summed E-state index contributed by atoms with van der Waals surface area (Å²) in [5.74, 6) is -0.998. The zero-order chi connectivity index (χ0) is 19.2. The number of amides is 2. The van der Waals surface area contributed by atoms with Crippen molar-refractivity contribution in [2.75, 3.05) is 5.32 Å². The van der Waals surface area contributed by atoms with E-state index in [0.29, 0.717) is 16.3 Å². The zero-order valence-corrected chi connectivity index (χ0v) is 14.9. The Hall–Kier alpha value is -3.38. The topological polar surface area (TPSA) is 90.8 Å². The number of aromatic hydroxyl groups is 1. The minimum absolute atomic E-state index is 0.0483. The maximum Gasteiger partial charge on any atom is 0.249 e. The summed E-state index contributed by atoms with van der Waals surface area (Å²) in [5.41, 5.74) is 3.31. The summed E-state index contributed by atoms with van der Waals surface area (Å²) in [5, 5.41) is 18.7. The van der Waals surface area contributed by atoms with Gasteiger partial charge < -0.3 is 10.4 Å². The van der Waals surface area contributed by atoms with Gasteiger partial charge in [0.1, 0.15) is 12.2 Å². The van der Waals surface area contributed by atoms with Gasteiger partial charge in [0.05, 0.1) is 6.21 Å². The Labute approximate surface area is 160 Å². The van der Waals surface area contributed by atoms with E-state index in [4.69, 9.17) is 11.6 Å². The molecule has 0 aromatic heterocycles. The lowest BCUT2D eigenvalue weighted by atomic mass is 10.0. The van der Waals surface area contributed by atoms with E-state index in [1.54, 1.807) is 36.4 Å². The van der Waals surface area contributed by atoms with Crippen molar-refractivity contribution >= 4 is 46.1 Å². The number of phenolic OH excluding ortho intramolecular Hbond substituents is 1. The van der Waals surface area contributed by atoms with Gasteiger partial charge in [0.2, 0.25) is 11.8 Å². The molecule has 0 aliphatic rings. The Bertz CT molecular complexity index is 1020. The molecule has 2 amide bonds. The van der Waals surface area contributed by atoms with Crippen molar-refractivity contribution in [1.29, 1.82) is 0 Å². The number of anilines is 1. The second-order valence-electron chi connectivity index (χ2n) is 5.74. The van der Waals surface area contributed by atoms with Crippen molar-refractivity contribution in [2.45, 2.75) is 6.42 Å². The summed E-state index contributed by atoms with van der Waals surface area (Å²) in [6.07, 6.45) is 0.966. The summed E-state index contributed by atoms with van der Waals surface area (Å²) in [6.45, 7) is 0. The lowest BCUT2D eigenvalue weighted by molar-refractivity contribution is -0.126. The van der Waals surface area contributed by atoms with E-state index < -0.39 is 11.8 Å². The number of fused-ring (bicyclic) bond motifs is 1. The molecule has 3 aromatic rings. The smallest absolute Gasteiger partial charge is 0.249 e. The van der Waals surface area contributed by atoms with Gasteiger partial charge in [-0.1, -0.05) is 41.9 Å². The molecular weight excluding hydrogens is 366 g/mol. The number of phenols is 1. The highest BCUT2D eigenvalue weighted by atomic mass is 35.5. The van der Waals surface area contributed by atoms with Gasteiger partial charge in [-0.25, -0.2) is 5.43 Å². The van der Waals surface area contributed by atoms with Crippen LogP contribution in [0.5, 0.6) is 5.75 Å². The highest BCUT2D eigenvalue weighted by molar-refractivity contribution is 6.30. The standard InChI is InChI=1S/C20H16ClN3O3/c21-14-6-8-15(9-7-14)23-19(26)11-20(27)24-22-12-17-16-4-2-1-3-13(16)5-10-18(17)25/h1-10,12,25H,11H2,(H,23,26)(H,24,27)/b22-12+. The third-order valence-electron chi connectivity index (χ3n) is 3.78. The molecule has 3 N–H and O–H groups in total. The molecule has 3 rings (SSSR count). The molecule has 6 nitrogen and oxygen atoms in total. The number of halogens is 1. The first kappa shape index (κ1) is 18.4. The molecule has 0 saturated carbocycles. The number of hydrogen-bond acceptors (Lipinski definition) is 4. The van der Waals surface area contributed by atoms with Gasteiger partial charge >= 0.3 is 0 Å². The number of carbonyl (C=O) groups is 2. The molecule has 0 spiro atoms. The number of nitrogens with zero attached hydrogens (tertiary/aromatic N) is 1. The van der Waals surface area contributed by atoms with Crippen molar-refractivity contribution in [1.82, 2.24) is 5.43 Å². The van der Waals surface area contributed by atoms with Gasteiger partial charge in [-0.2, -0.15) is 5.10 Å². The molecule has 27 heavy (non-hydrogen) atoms. The molecule has 3 aromatic carbocycles. The van der Waals surface area contributed by atoms with Crippen LogP contribution in [0.25, 0.3) is 10.8 Å². The molecule has 0 heterocycles. The van der Waals surface area contributed by atoms with Gasteiger partial charge in [-0.15, -0.1) is 0 Å². The number of hydrazone groups is 1. The Morgan fingerprint density at radius 3 is 2.52 bits per heavy atom. The lowest BCUT2D eigenvalue weighted by Crippen LogP contribution is -2.24. The first-order valence-electron chi connectivity index (χ1n) is 8.11. The van der Waals surface area contributed by atoms with Crippen LogP contribution in [-0.4, -0.2) is 23.1 Å². The zero-order valence-electron chi connectivity index (χ0n) is 14.1. The van der Waals surface area contributed by atoms with Crippen LogP contribution in [0.4, 0.5) is 5.69 Å². The third-order valence-corrected chi connectivity index (χ3v) is 4.03. The molecule has 0 atom stereocenters. The van der Waals surface area contributed by atoms with E-state index in [0.717, 1.165) is 10.8 Å². The fourth-order valence-corrected chi connectivity index (χ4v) is 2.64. The molecule has 0 saturated heterocycles. The van der Waals surface area contributed by atoms with E-state index in [1.165, 1.54) is 6.21 Å². The van der Waals surface area contributed by atoms with Crippen LogP contribution in [0.2, 0.25) is 5.02 Å². The Kier molecular flexibility index (Phi) is 5.68. The van der Waals surface area contributed by atoms with Crippen LogP contribution in [0.3, 0.4) is 0 Å². The van der Waals surface area contributed by atoms with Crippen molar-refractivity contribution in [3.63, 3.8) is 0 Å². The summed E-state index contributed by atoms with van der Waals surface area (Å²) < 4.78 is 0. The quantitative estimate of drug-likeness (QED) is 0.357. The number of benzene rings is 3. The van der Waals surface area contributed by atoms with Crippen molar-refractivity contribution in [2.24, 2.45) is 5.10 Å². The van der Waals surface area contributed by atoms with E-state index in [2.05, 4.69) is 15.8 Å². The summed E-state index contributed by atoms with van der Waals surface area (Å²) in [6, 6.07) is 17.4. The van der Waals surface area contributed by atoms with Gasteiger partial charge in [0.15, 0.2) is 0 Å². The van der Waals surface area contributed by atoms with Crippen LogP contribution < -0.4 is 10.7 Å². The van der Waals surface area contributed by atoms with Crippen molar-refractivity contribution in [3.8, 4) is 5.75 Å². The van der Waals surface area contributed by atoms with Gasteiger partial charge in [0.25, 0.3) is 0 Å². The molecule has 0 fully saturated rings. The molecule has 0 bridgehead atoms. The van der Waals surface area contributed by atoms with Crippen LogP contribution in [0, 0.1) is 0 Å². The van der Waals surface area contributed by atoms with E-state index >= 15 is 0 Å². The Balaban J connectivity index is 1.60. The van der Waals surface area contributed by atoms with Gasteiger partial charge in [0, 0.05) is 16.3 Å². The minimum atomic E-state index is -0.572. The first-order chi connectivity index (χ1) is 13.0. The van der Waals surface area contributed by atoms with Gasteiger partial charge in [-0.05, 0) is 41.1 Å². The number of hydrogen-bond donors (Lipinski definition) is 3. The Morgan fingerprint density at radius 2 is 1.74 bits per heavy atom.